The molecule has 1 saturated heterocycles. The Morgan fingerprint density at radius 3 is 2.64 bits per heavy atom. The molecule has 0 unspecified atom stereocenters. The normalized spacial score (nSPS) is 17.3. The molecular weight excluding hydrogens is 343 g/mol. The highest BCUT2D eigenvalue weighted by Crippen LogP contribution is 2.25. The van der Waals surface area contributed by atoms with Gasteiger partial charge in [0.25, 0.3) is 5.91 Å². The maximum Gasteiger partial charge on any atom is 0.251 e. The van der Waals surface area contributed by atoms with Crippen LogP contribution in [0.4, 0.5) is 10.1 Å². The van der Waals surface area contributed by atoms with E-state index in [4.69, 9.17) is 0 Å². The summed E-state index contributed by atoms with van der Waals surface area (Å²) in [5, 5.41) is 2.74. The van der Waals surface area contributed by atoms with Gasteiger partial charge in [-0.15, -0.1) is 0 Å². The first-order valence-corrected chi connectivity index (χ1v) is 9.65. The van der Waals surface area contributed by atoms with Crippen molar-refractivity contribution in [3.63, 3.8) is 0 Å². The Balaban J connectivity index is 1.79. The van der Waals surface area contributed by atoms with Gasteiger partial charge in [0.05, 0.1) is 17.5 Å². The number of amides is 1. The fourth-order valence-electron chi connectivity index (χ4n) is 2.92. The number of hydrogen-bond acceptors (Lipinski definition) is 3. The zero-order valence-corrected chi connectivity index (χ0v) is 14.6. The maximum absolute atomic E-state index is 13.8. The van der Waals surface area contributed by atoms with Crippen molar-refractivity contribution in [2.24, 2.45) is 0 Å². The topological polar surface area (TPSA) is 66.5 Å². The van der Waals surface area contributed by atoms with Crippen LogP contribution in [0.1, 0.15) is 35.3 Å². The zero-order chi connectivity index (χ0) is 18.0. The molecule has 3 rings (SSSR count). The van der Waals surface area contributed by atoms with E-state index >= 15 is 0 Å². The van der Waals surface area contributed by atoms with Crippen LogP contribution in [0.2, 0.25) is 0 Å². The van der Waals surface area contributed by atoms with Crippen molar-refractivity contribution in [1.29, 1.82) is 0 Å². The van der Waals surface area contributed by atoms with Gasteiger partial charge in [0.1, 0.15) is 5.82 Å². The molecule has 2 aromatic rings. The minimum atomic E-state index is -3.30. The molecule has 1 amide bonds. The third-order valence-corrected chi connectivity index (χ3v) is 6.08. The van der Waals surface area contributed by atoms with E-state index in [2.05, 4.69) is 5.32 Å². The molecule has 0 saturated carbocycles. The van der Waals surface area contributed by atoms with Crippen molar-refractivity contribution in [3.05, 3.63) is 65.5 Å². The number of carbonyl (C=O) groups is 1. The number of carbonyl (C=O) groups excluding carboxylic acids is 1. The first-order valence-electron chi connectivity index (χ1n) is 8.04. The number of anilines is 1. The lowest BCUT2D eigenvalue weighted by Gasteiger charge is -2.18. The molecule has 2 aromatic carbocycles. The summed E-state index contributed by atoms with van der Waals surface area (Å²) in [5.41, 5.74) is 1.21. The second-order valence-corrected chi connectivity index (χ2v) is 8.02. The fraction of sp³-hybridized carbons (Fsp3) is 0.278. The monoisotopic (exact) mass is 362 g/mol. The van der Waals surface area contributed by atoms with Gasteiger partial charge >= 0.3 is 0 Å². The summed E-state index contributed by atoms with van der Waals surface area (Å²) in [6.45, 7) is 2.12. The molecule has 1 aliphatic heterocycles. The van der Waals surface area contributed by atoms with E-state index in [1.807, 2.05) is 0 Å². The Kier molecular flexibility index (Phi) is 4.76. The van der Waals surface area contributed by atoms with Crippen molar-refractivity contribution in [2.75, 3.05) is 16.6 Å². The van der Waals surface area contributed by atoms with Crippen molar-refractivity contribution in [1.82, 2.24) is 5.32 Å². The van der Waals surface area contributed by atoms with Crippen molar-refractivity contribution in [3.8, 4) is 0 Å². The molecule has 1 heterocycles. The molecule has 1 aliphatic rings. The maximum atomic E-state index is 13.8. The van der Waals surface area contributed by atoms with Gasteiger partial charge in [0, 0.05) is 17.7 Å². The summed E-state index contributed by atoms with van der Waals surface area (Å²) in [4.78, 5) is 12.5. The molecular formula is C18H19FN2O3S. The van der Waals surface area contributed by atoms with Crippen LogP contribution >= 0.6 is 0 Å². The number of benzene rings is 2. The molecule has 0 bridgehead atoms. The summed E-state index contributed by atoms with van der Waals surface area (Å²) in [7, 11) is -3.30. The van der Waals surface area contributed by atoms with Crippen LogP contribution in [0.5, 0.6) is 0 Å². The molecule has 1 fully saturated rings. The largest absolute Gasteiger partial charge is 0.345 e. The third-order valence-electron chi connectivity index (χ3n) is 4.21. The van der Waals surface area contributed by atoms with Crippen LogP contribution in [0, 0.1) is 5.82 Å². The predicted octanol–water partition coefficient (Wildman–Crippen LogP) is 2.86. The molecule has 25 heavy (non-hydrogen) atoms. The van der Waals surface area contributed by atoms with Crippen LogP contribution in [0.25, 0.3) is 0 Å². The van der Waals surface area contributed by atoms with Gasteiger partial charge < -0.3 is 5.32 Å². The van der Waals surface area contributed by atoms with Gasteiger partial charge in [-0.3, -0.25) is 9.10 Å². The third kappa shape index (κ3) is 3.66. The average Bonchev–Trinajstić information content (AvgIpc) is 2.94. The lowest BCUT2D eigenvalue weighted by atomic mass is 10.1. The van der Waals surface area contributed by atoms with Crippen LogP contribution in [-0.2, 0) is 10.0 Å². The number of nitrogens with one attached hydrogen (secondary N) is 1. The lowest BCUT2D eigenvalue weighted by molar-refractivity contribution is 0.0939. The highest BCUT2D eigenvalue weighted by atomic mass is 32.2. The standard InChI is InChI=1S/C18H19FN2O3S/c1-13(16-8-2-3-9-17(16)19)20-18(22)14-6-4-7-15(12-14)21-10-5-11-25(21,23)24/h2-4,6-9,12-13H,5,10-11H2,1H3,(H,20,22)/t13-/m0/s1. The van der Waals surface area contributed by atoms with E-state index in [0.29, 0.717) is 29.8 Å². The van der Waals surface area contributed by atoms with Gasteiger partial charge in [0.15, 0.2) is 0 Å². The summed E-state index contributed by atoms with van der Waals surface area (Å²) in [6, 6.07) is 12.2. The van der Waals surface area contributed by atoms with E-state index in [-0.39, 0.29) is 17.5 Å². The highest BCUT2D eigenvalue weighted by Gasteiger charge is 2.28. The van der Waals surface area contributed by atoms with Crippen molar-refractivity contribution in [2.45, 2.75) is 19.4 Å². The van der Waals surface area contributed by atoms with E-state index < -0.39 is 16.1 Å². The van der Waals surface area contributed by atoms with Crippen molar-refractivity contribution >= 4 is 21.6 Å². The van der Waals surface area contributed by atoms with E-state index in [1.165, 1.54) is 10.4 Å². The van der Waals surface area contributed by atoms with E-state index in [1.54, 1.807) is 49.4 Å². The Hall–Kier alpha value is -2.41. The minimum Gasteiger partial charge on any atom is -0.345 e. The molecule has 0 radical (unpaired) electrons. The van der Waals surface area contributed by atoms with Gasteiger partial charge in [-0.2, -0.15) is 0 Å². The lowest BCUT2D eigenvalue weighted by Crippen LogP contribution is -2.28. The Bertz CT molecular complexity index is 899. The minimum absolute atomic E-state index is 0.119. The second-order valence-electron chi connectivity index (χ2n) is 6.01. The number of hydrogen-bond donors (Lipinski definition) is 1. The van der Waals surface area contributed by atoms with E-state index in [0.717, 1.165) is 0 Å². The number of halogens is 1. The summed E-state index contributed by atoms with van der Waals surface area (Å²) in [6.07, 6.45) is 0.572. The number of rotatable bonds is 4. The first kappa shape index (κ1) is 17.4. The van der Waals surface area contributed by atoms with Crippen LogP contribution in [-0.4, -0.2) is 26.6 Å². The predicted molar refractivity (Wildman–Crippen MR) is 94.5 cm³/mol. The number of nitrogens with zero attached hydrogens (tertiary/aromatic N) is 1. The van der Waals surface area contributed by atoms with Gasteiger partial charge in [-0.05, 0) is 37.6 Å². The molecule has 7 heteroatoms. The van der Waals surface area contributed by atoms with Crippen LogP contribution in [0.3, 0.4) is 0 Å². The molecule has 5 nitrogen and oxygen atoms in total. The van der Waals surface area contributed by atoms with Crippen LogP contribution < -0.4 is 9.62 Å². The smallest absolute Gasteiger partial charge is 0.251 e. The number of sulfonamides is 1. The van der Waals surface area contributed by atoms with Crippen molar-refractivity contribution < 1.29 is 17.6 Å². The SMILES string of the molecule is C[C@H](NC(=O)c1cccc(N2CCCS2(=O)=O)c1)c1ccccc1F. The second kappa shape index (κ2) is 6.84. The van der Waals surface area contributed by atoms with E-state index in [9.17, 15) is 17.6 Å². The summed E-state index contributed by atoms with van der Waals surface area (Å²) >= 11 is 0. The Labute approximate surface area is 146 Å². The molecule has 0 aliphatic carbocycles. The molecule has 132 valence electrons. The Morgan fingerprint density at radius 2 is 1.96 bits per heavy atom. The first-order chi connectivity index (χ1) is 11.9. The van der Waals surface area contributed by atoms with Gasteiger partial charge in [-0.25, -0.2) is 12.8 Å². The Morgan fingerprint density at radius 1 is 1.20 bits per heavy atom. The van der Waals surface area contributed by atoms with Gasteiger partial charge in [-0.1, -0.05) is 24.3 Å². The summed E-state index contributed by atoms with van der Waals surface area (Å²) in [5.74, 6) is -0.644. The zero-order valence-electron chi connectivity index (χ0n) is 13.8. The van der Waals surface area contributed by atoms with Crippen LogP contribution in [0.15, 0.2) is 48.5 Å². The summed E-state index contributed by atoms with van der Waals surface area (Å²) < 4.78 is 39.2. The highest BCUT2D eigenvalue weighted by molar-refractivity contribution is 7.93. The van der Waals surface area contributed by atoms with Gasteiger partial charge in [0.2, 0.25) is 10.0 Å². The quantitative estimate of drug-likeness (QED) is 0.909. The molecule has 1 atom stereocenters. The molecule has 1 N–H and O–H groups in total. The molecule has 0 aromatic heterocycles. The average molecular weight is 362 g/mol. The molecule has 0 spiro atoms. The fourth-order valence-corrected chi connectivity index (χ4v) is 4.47.